The van der Waals surface area contributed by atoms with Gasteiger partial charge in [0.15, 0.2) is 16.6 Å². The number of hydrogen-bond donors (Lipinski definition) is 3. The van der Waals surface area contributed by atoms with Crippen molar-refractivity contribution in [2.75, 3.05) is 20.3 Å². The highest BCUT2D eigenvalue weighted by Gasteiger charge is 2.51. The summed E-state index contributed by atoms with van der Waals surface area (Å²) in [6.07, 6.45) is -16.7. The molecule has 20 nitrogen and oxygen atoms in total. The van der Waals surface area contributed by atoms with Crippen LogP contribution in [0.2, 0.25) is 0 Å². The maximum absolute atomic E-state index is 11.5. The van der Waals surface area contributed by atoms with Gasteiger partial charge in [-0.2, -0.15) is 0 Å². The number of ether oxygens (including phenoxy) is 4. The predicted octanol–water partition coefficient (Wildman–Crippen LogP) is -7.28. The first-order chi connectivity index (χ1) is 16.3. The molecule has 0 saturated carbocycles. The molecule has 3 N–H and O–H groups in total. The second-order valence-corrected chi connectivity index (χ2v) is 10.4. The SMILES string of the molecule is CO[C@@H]1C(COS(=O)(=O)[O-])O[C@@H](O[C@H]2C(C(=O)[O-])OCC(OS(=O)(=O)[O-])[C@@H]2O)C(NS(=O)(=O)[O-])[C@@H]1O. The zero-order valence-electron chi connectivity index (χ0n) is 17.7. The van der Waals surface area contributed by atoms with Gasteiger partial charge in [0.05, 0.1) is 19.2 Å². The maximum atomic E-state index is 11.5. The Morgan fingerprint density at radius 3 is 2.11 bits per heavy atom. The van der Waals surface area contributed by atoms with Crippen molar-refractivity contribution >= 4 is 37.1 Å². The maximum Gasteiger partial charge on any atom is 0.218 e. The Morgan fingerprint density at radius 1 is 1.03 bits per heavy atom. The molecule has 2 saturated heterocycles. The van der Waals surface area contributed by atoms with E-state index in [4.69, 9.17) is 18.9 Å². The smallest absolute Gasteiger partial charge is 0.218 e. The summed E-state index contributed by atoms with van der Waals surface area (Å²) in [5, 5.41) is 32.4. The molecule has 0 aromatic carbocycles. The Bertz CT molecular complexity index is 1090. The van der Waals surface area contributed by atoms with Crippen molar-refractivity contribution in [1.82, 2.24) is 4.72 Å². The lowest BCUT2D eigenvalue weighted by Crippen LogP contribution is -2.68. The number of methoxy groups -OCH3 is 1. The fraction of sp³-hybridized carbons (Fsp3) is 0.923. The second-order valence-electron chi connectivity index (χ2n) is 7.23. The average molecular weight is 589 g/mol. The van der Waals surface area contributed by atoms with Crippen LogP contribution in [0.5, 0.6) is 0 Å². The summed E-state index contributed by atoms with van der Waals surface area (Å²) in [6, 6.07) is -2.14. The van der Waals surface area contributed by atoms with E-state index in [1.54, 1.807) is 0 Å². The van der Waals surface area contributed by atoms with E-state index in [-0.39, 0.29) is 0 Å². The molecule has 2 aliphatic rings. The molecule has 4 unspecified atom stereocenters. The molecule has 0 aliphatic carbocycles. The fourth-order valence-electron chi connectivity index (χ4n) is 3.43. The largest absolute Gasteiger partial charge is 0.735 e. The zero-order chi connectivity index (χ0) is 27.6. The zero-order valence-corrected chi connectivity index (χ0v) is 20.1. The van der Waals surface area contributed by atoms with E-state index >= 15 is 0 Å². The molecular weight excluding hydrogens is 570 g/mol. The van der Waals surface area contributed by atoms with Gasteiger partial charge < -0.3 is 52.7 Å². The molecule has 212 valence electrons. The molecule has 23 heteroatoms. The molecule has 2 heterocycles. The number of carbonyl (C=O) groups is 1. The Labute approximate surface area is 203 Å². The molecule has 2 fully saturated rings. The van der Waals surface area contributed by atoms with Gasteiger partial charge in [-0.1, -0.05) is 0 Å². The topological polar surface area (TPSA) is 320 Å². The molecular formula is C13H19NO19S3-4. The quantitative estimate of drug-likeness (QED) is 0.149. The van der Waals surface area contributed by atoms with Crippen LogP contribution in [0.3, 0.4) is 0 Å². The number of aliphatic carboxylic acids is 1. The van der Waals surface area contributed by atoms with Crippen molar-refractivity contribution in [3.8, 4) is 0 Å². The number of aliphatic hydroxyl groups is 2. The molecule has 0 bridgehead atoms. The first kappa shape index (κ1) is 31.1. The summed E-state index contributed by atoms with van der Waals surface area (Å²) in [6.45, 7) is -2.14. The van der Waals surface area contributed by atoms with Crippen molar-refractivity contribution < 1.29 is 86.3 Å². The number of carbonyl (C=O) groups excluding carboxylic acids is 1. The highest BCUT2D eigenvalue weighted by molar-refractivity contribution is 7.83. The van der Waals surface area contributed by atoms with Crippen LogP contribution in [0.4, 0.5) is 0 Å². The fourth-order valence-corrected chi connectivity index (χ4v) is 4.79. The van der Waals surface area contributed by atoms with Crippen LogP contribution >= 0.6 is 0 Å². The van der Waals surface area contributed by atoms with E-state index in [2.05, 4.69) is 8.37 Å². The standard InChI is InChI=1S/C13H23NO19S3/c1-28-9-5(3-30-35(22,23)24)31-13(6(8(9)16)14-34(19,20)21)32-10-7(15)4(33-36(25,26)27)2-29-11(10)12(17)18/h4-11,13-16H,2-3H2,1H3,(H,17,18)(H,19,20,21)(H,22,23,24)(H,25,26,27)/p-4/t4?,5?,6?,7-,8-,9+,10+,11?,13-/m0/s1. The van der Waals surface area contributed by atoms with E-state index in [0.29, 0.717) is 0 Å². The lowest BCUT2D eigenvalue weighted by atomic mass is 9.96. The Hall–Kier alpha value is -1.16. The van der Waals surface area contributed by atoms with Gasteiger partial charge in [0.25, 0.3) is 0 Å². The molecule has 0 radical (unpaired) electrons. The van der Waals surface area contributed by atoms with E-state index in [0.717, 1.165) is 7.11 Å². The van der Waals surface area contributed by atoms with Crippen molar-refractivity contribution in [2.45, 2.75) is 55.1 Å². The van der Waals surface area contributed by atoms with Crippen LogP contribution in [-0.4, -0.2) is 130 Å². The third kappa shape index (κ3) is 8.71. The Balaban J connectivity index is 2.42. The molecule has 0 spiro atoms. The Kier molecular flexibility index (Phi) is 10.1. The van der Waals surface area contributed by atoms with Gasteiger partial charge in [-0.15, -0.1) is 0 Å². The van der Waals surface area contributed by atoms with Crippen LogP contribution < -0.4 is 9.83 Å². The molecule has 0 aromatic heterocycles. The van der Waals surface area contributed by atoms with Crippen LogP contribution in [0, 0.1) is 0 Å². The molecule has 2 rings (SSSR count). The normalized spacial score (nSPS) is 36.4. The Morgan fingerprint density at radius 2 is 1.64 bits per heavy atom. The third-order valence-electron chi connectivity index (χ3n) is 4.82. The second kappa shape index (κ2) is 11.7. The first-order valence-corrected chi connectivity index (χ1v) is 13.4. The van der Waals surface area contributed by atoms with Crippen LogP contribution in [0.25, 0.3) is 0 Å². The van der Waals surface area contributed by atoms with E-state index in [1.165, 1.54) is 4.72 Å². The van der Waals surface area contributed by atoms with Crippen LogP contribution in [0.1, 0.15) is 0 Å². The van der Waals surface area contributed by atoms with Crippen molar-refractivity contribution in [3.63, 3.8) is 0 Å². The van der Waals surface area contributed by atoms with Crippen LogP contribution in [-0.2, 0) is 63.2 Å². The summed E-state index contributed by atoms with van der Waals surface area (Å²) in [4.78, 5) is 11.5. The third-order valence-corrected chi connectivity index (χ3v) is 6.29. The summed E-state index contributed by atoms with van der Waals surface area (Å²) < 4.78 is 128. The van der Waals surface area contributed by atoms with Crippen LogP contribution in [0.15, 0.2) is 0 Å². The number of nitrogens with one attached hydrogen (secondary N) is 1. The molecule has 2 aliphatic heterocycles. The lowest BCUT2D eigenvalue weighted by Gasteiger charge is -2.47. The van der Waals surface area contributed by atoms with E-state index in [1.807, 2.05) is 0 Å². The number of rotatable bonds is 11. The van der Waals surface area contributed by atoms with Gasteiger partial charge in [-0.3, -0.25) is 8.37 Å². The molecule has 36 heavy (non-hydrogen) atoms. The van der Waals surface area contributed by atoms with E-state index < -0.39 is 105 Å². The minimum Gasteiger partial charge on any atom is -0.735 e. The summed E-state index contributed by atoms with van der Waals surface area (Å²) in [7, 11) is -15.3. The van der Waals surface area contributed by atoms with Gasteiger partial charge in [0.2, 0.25) is 20.8 Å². The monoisotopic (exact) mass is 589 g/mol. The summed E-state index contributed by atoms with van der Waals surface area (Å²) in [5.74, 6) is -2.06. The number of hydrogen-bond acceptors (Lipinski definition) is 19. The summed E-state index contributed by atoms with van der Waals surface area (Å²) in [5.41, 5.74) is 0. The van der Waals surface area contributed by atoms with Crippen molar-refractivity contribution in [2.24, 2.45) is 0 Å². The van der Waals surface area contributed by atoms with Gasteiger partial charge in [-0.05, 0) is 0 Å². The highest BCUT2D eigenvalue weighted by atomic mass is 32.3. The van der Waals surface area contributed by atoms with E-state index in [9.17, 15) is 59.0 Å². The first-order valence-electron chi connectivity index (χ1n) is 9.32. The minimum atomic E-state index is -5.47. The van der Waals surface area contributed by atoms with Crippen molar-refractivity contribution in [3.05, 3.63) is 0 Å². The minimum absolute atomic E-state index is 0.927. The van der Waals surface area contributed by atoms with Gasteiger partial charge in [0.1, 0.15) is 48.8 Å². The molecule has 9 atom stereocenters. The predicted molar refractivity (Wildman–Crippen MR) is 97.9 cm³/mol. The lowest BCUT2D eigenvalue weighted by molar-refractivity contribution is -0.344. The summed E-state index contributed by atoms with van der Waals surface area (Å²) >= 11 is 0. The van der Waals surface area contributed by atoms with Gasteiger partial charge in [-0.25, -0.2) is 30.0 Å². The van der Waals surface area contributed by atoms with Gasteiger partial charge >= 0.3 is 0 Å². The van der Waals surface area contributed by atoms with Crippen molar-refractivity contribution in [1.29, 1.82) is 0 Å². The molecule has 0 aromatic rings. The number of carboxylic acid groups (broad SMARTS) is 1. The molecule has 0 amide bonds. The highest BCUT2D eigenvalue weighted by Crippen LogP contribution is 2.30. The number of aliphatic hydroxyl groups excluding tert-OH is 2. The average Bonchev–Trinajstić information content (AvgIpc) is 2.69. The van der Waals surface area contributed by atoms with Gasteiger partial charge in [0, 0.05) is 7.11 Å². The number of carboxylic acids is 1.